The molecule has 0 radical (unpaired) electrons. The van der Waals surface area contributed by atoms with E-state index in [1.54, 1.807) is 12.1 Å². The fourth-order valence-electron chi connectivity index (χ4n) is 3.74. The van der Waals surface area contributed by atoms with Gasteiger partial charge >= 0.3 is 0 Å². The summed E-state index contributed by atoms with van der Waals surface area (Å²) in [5.41, 5.74) is 0.434. The first-order chi connectivity index (χ1) is 15.0. The molecule has 9 heteroatoms. The average molecular weight is 463 g/mol. The van der Waals surface area contributed by atoms with Gasteiger partial charge in [-0.15, -0.1) is 11.8 Å². The minimum absolute atomic E-state index is 0.0658. The molecule has 7 nitrogen and oxygen atoms in total. The van der Waals surface area contributed by atoms with Crippen LogP contribution in [0.2, 0.25) is 0 Å². The van der Waals surface area contributed by atoms with Gasteiger partial charge < -0.3 is 14.4 Å². The summed E-state index contributed by atoms with van der Waals surface area (Å²) in [5, 5.41) is 0. The Hall–Kier alpha value is -2.23. The van der Waals surface area contributed by atoms with E-state index >= 15 is 0 Å². The van der Waals surface area contributed by atoms with Crippen molar-refractivity contribution >= 4 is 27.7 Å². The van der Waals surface area contributed by atoms with Crippen LogP contribution in [0.15, 0.2) is 52.3 Å². The molecule has 2 aromatic carbocycles. The summed E-state index contributed by atoms with van der Waals surface area (Å²) in [6, 6.07) is 12.0. The molecule has 0 saturated carbocycles. The monoisotopic (exact) mass is 462 g/mol. The third-order valence-corrected chi connectivity index (χ3v) is 7.64. The lowest BCUT2D eigenvalue weighted by atomic mass is 10.1. The van der Waals surface area contributed by atoms with Crippen LogP contribution in [0.25, 0.3) is 0 Å². The lowest BCUT2D eigenvalue weighted by Gasteiger charge is -2.27. The van der Waals surface area contributed by atoms with Gasteiger partial charge in [-0.1, -0.05) is 12.1 Å². The number of nitrogens with one attached hydrogen (secondary N) is 1. The molecule has 1 saturated heterocycles. The molecule has 1 unspecified atom stereocenters. The Bertz CT molecular complexity index is 1050. The first-order valence-electron chi connectivity index (χ1n) is 10.3. The zero-order valence-corrected chi connectivity index (χ0v) is 19.0. The van der Waals surface area contributed by atoms with Crippen molar-refractivity contribution in [1.29, 1.82) is 0 Å². The summed E-state index contributed by atoms with van der Waals surface area (Å²) >= 11 is 1.44. The van der Waals surface area contributed by atoms with Crippen molar-refractivity contribution in [3.8, 4) is 11.5 Å². The number of thioether (sulfide) groups is 1. The second-order valence-corrected chi connectivity index (χ2v) is 10.2. The largest absolute Gasteiger partial charge is 0.486 e. The number of piperidine rings is 1. The average Bonchev–Trinajstić information content (AvgIpc) is 2.82. The maximum atomic E-state index is 13.0. The second kappa shape index (κ2) is 9.50. The highest BCUT2D eigenvalue weighted by Crippen LogP contribution is 2.31. The SMILES string of the molecule is CSc1ccc(S(=O)(=O)NCC2COc3ccccc3O2)cc1C(=O)N1CCCCC1. The lowest BCUT2D eigenvalue weighted by molar-refractivity contribution is 0.0720. The van der Waals surface area contributed by atoms with Gasteiger partial charge in [0.1, 0.15) is 12.7 Å². The number of benzene rings is 2. The number of para-hydroxylation sites is 2. The molecule has 31 heavy (non-hydrogen) atoms. The smallest absolute Gasteiger partial charge is 0.255 e. The summed E-state index contributed by atoms with van der Waals surface area (Å²) in [5.74, 6) is 1.13. The molecule has 2 aliphatic rings. The number of sulfonamides is 1. The fraction of sp³-hybridized carbons (Fsp3) is 0.409. The van der Waals surface area contributed by atoms with E-state index in [1.165, 1.54) is 23.9 Å². The Labute approximate surface area is 187 Å². The molecule has 1 atom stereocenters. The maximum absolute atomic E-state index is 13.0. The van der Waals surface area contributed by atoms with Crippen LogP contribution in [0.5, 0.6) is 11.5 Å². The first kappa shape index (κ1) is 22.0. The van der Waals surface area contributed by atoms with E-state index in [1.807, 2.05) is 29.4 Å². The number of ether oxygens (including phenoxy) is 2. The number of carbonyl (C=O) groups is 1. The van der Waals surface area contributed by atoms with E-state index in [-0.39, 0.29) is 24.0 Å². The number of hydrogen-bond donors (Lipinski definition) is 1. The van der Waals surface area contributed by atoms with Gasteiger partial charge in [0.25, 0.3) is 5.91 Å². The molecular formula is C22H26N2O5S2. The normalized spacial score (nSPS) is 18.6. The van der Waals surface area contributed by atoms with Crippen molar-refractivity contribution in [2.75, 3.05) is 32.5 Å². The minimum atomic E-state index is -3.81. The van der Waals surface area contributed by atoms with Crippen LogP contribution in [0.3, 0.4) is 0 Å². The van der Waals surface area contributed by atoms with Crippen LogP contribution in [0.4, 0.5) is 0 Å². The zero-order valence-electron chi connectivity index (χ0n) is 17.4. The lowest BCUT2D eigenvalue weighted by Crippen LogP contribution is -2.40. The summed E-state index contributed by atoms with van der Waals surface area (Å²) < 4.78 is 39.9. The number of fused-ring (bicyclic) bond motifs is 1. The van der Waals surface area contributed by atoms with Gasteiger partial charge in [0.2, 0.25) is 10.0 Å². The molecule has 0 aliphatic carbocycles. The van der Waals surface area contributed by atoms with Crippen molar-refractivity contribution in [2.45, 2.75) is 35.2 Å². The standard InChI is InChI=1S/C22H26N2O5S2/c1-30-21-10-9-17(13-18(21)22(25)24-11-5-2-6-12-24)31(26,27)23-14-16-15-28-19-7-3-4-8-20(19)29-16/h3-4,7-10,13,16,23H,2,5-6,11-12,14-15H2,1H3. The highest BCUT2D eigenvalue weighted by molar-refractivity contribution is 7.98. The Morgan fingerprint density at radius 1 is 1.13 bits per heavy atom. The summed E-state index contributed by atoms with van der Waals surface area (Å²) in [4.78, 5) is 15.7. The highest BCUT2D eigenvalue weighted by Gasteiger charge is 2.26. The molecule has 0 spiro atoms. The highest BCUT2D eigenvalue weighted by atomic mass is 32.2. The van der Waals surface area contributed by atoms with Crippen LogP contribution >= 0.6 is 11.8 Å². The predicted octanol–water partition coefficient (Wildman–Crippen LogP) is 3.15. The van der Waals surface area contributed by atoms with Gasteiger partial charge in [-0.05, 0) is 55.9 Å². The molecule has 0 aromatic heterocycles. The van der Waals surface area contributed by atoms with Crippen molar-refractivity contribution in [1.82, 2.24) is 9.62 Å². The fourth-order valence-corrected chi connectivity index (χ4v) is 5.40. The van der Waals surface area contributed by atoms with Gasteiger partial charge in [0.05, 0.1) is 17.0 Å². The second-order valence-electron chi connectivity index (χ2n) is 7.56. The van der Waals surface area contributed by atoms with Crippen LogP contribution < -0.4 is 14.2 Å². The molecule has 166 valence electrons. The number of carbonyl (C=O) groups excluding carboxylic acids is 1. The van der Waals surface area contributed by atoms with Gasteiger partial charge in [0.15, 0.2) is 11.5 Å². The van der Waals surface area contributed by atoms with Gasteiger partial charge in [-0.2, -0.15) is 0 Å². The van der Waals surface area contributed by atoms with Gasteiger partial charge in [-0.3, -0.25) is 4.79 Å². The maximum Gasteiger partial charge on any atom is 0.255 e. The van der Waals surface area contributed by atoms with E-state index in [9.17, 15) is 13.2 Å². The summed E-state index contributed by atoms with van der Waals surface area (Å²) in [6.07, 6.45) is 4.52. The van der Waals surface area contributed by atoms with Crippen molar-refractivity contribution in [3.63, 3.8) is 0 Å². The molecular weight excluding hydrogens is 436 g/mol. The van der Waals surface area contributed by atoms with Crippen LogP contribution in [0.1, 0.15) is 29.6 Å². The van der Waals surface area contributed by atoms with E-state index in [2.05, 4.69) is 4.72 Å². The zero-order chi connectivity index (χ0) is 21.8. The molecule has 1 amide bonds. The van der Waals surface area contributed by atoms with E-state index in [4.69, 9.17) is 9.47 Å². The number of nitrogens with zero attached hydrogens (tertiary/aromatic N) is 1. The first-order valence-corrected chi connectivity index (χ1v) is 13.0. The molecule has 2 aromatic rings. The molecule has 4 rings (SSSR count). The Morgan fingerprint density at radius 2 is 1.87 bits per heavy atom. The topological polar surface area (TPSA) is 84.9 Å². The number of likely N-dealkylation sites (tertiary alicyclic amines) is 1. The number of rotatable bonds is 6. The summed E-state index contributed by atoms with van der Waals surface area (Å²) in [7, 11) is -3.81. The predicted molar refractivity (Wildman–Crippen MR) is 120 cm³/mol. The molecule has 2 heterocycles. The third-order valence-electron chi connectivity index (χ3n) is 5.42. The van der Waals surface area contributed by atoms with E-state index in [0.717, 1.165) is 24.2 Å². The van der Waals surface area contributed by atoms with Gasteiger partial charge in [0, 0.05) is 18.0 Å². The van der Waals surface area contributed by atoms with Gasteiger partial charge in [-0.25, -0.2) is 13.1 Å². The molecule has 1 N–H and O–H groups in total. The Kier molecular flexibility index (Phi) is 6.74. The number of amides is 1. The third kappa shape index (κ3) is 4.99. The van der Waals surface area contributed by atoms with Crippen LogP contribution in [-0.4, -0.2) is 57.8 Å². The minimum Gasteiger partial charge on any atom is -0.486 e. The van der Waals surface area contributed by atoms with Crippen LogP contribution in [-0.2, 0) is 10.0 Å². The Balaban J connectivity index is 1.48. The van der Waals surface area contributed by atoms with E-state index in [0.29, 0.717) is 30.2 Å². The molecule has 1 fully saturated rings. The molecule has 0 bridgehead atoms. The molecule has 2 aliphatic heterocycles. The number of hydrogen-bond acceptors (Lipinski definition) is 6. The van der Waals surface area contributed by atoms with Crippen molar-refractivity contribution in [2.24, 2.45) is 0 Å². The van der Waals surface area contributed by atoms with Crippen molar-refractivity contribution in [3.05, 3.63) is 48.0 Å². The van der Waals surface area contributed by atoms with E-state index < -0.39 is 16.1 Å². The quantitative estimate of drug-likeness (QED) is 0.664. The Morgan fingerprint density at radius 3 is 2.61 bits per heavy atom. The van der Waals surface area contributed by atoms with Crippen LogP contribution in [0, 0.1) is 0 Å². The van der Waals surface area contributed by atoms with Crippen molar-refractivity contribution < 1.29 is 22.7 Å². The summed E-state index contributed by atoms with van der Waals surface area (Å²) in [6.45, 7) is 1.74.